The molecular weight excluding hydrogens is 216 g/mol. The van der Waals surface area contributed by atoms with E-state index in [4.69, 9.17) is 0 Å². The molecule has 3 heteroatoms. The number of hydrogen-bond donors (Lipinski definition) is 1. The highest BCUT2D eigenvalue weighted by Crippen LogP contribution is 2.39. The van der Waals surface area contributed by atoms with E-state index in [1.807, 2.05) is 11.3 Å². The Morgan fingerprint density at radius 3 is 2.94 bits per heavy atom. The fourth-order valence-corrected chi connectivity index (χ4v) is 3.10. The van der Waals surface area contributed by atoms with Crippen LogP contribution in [0.25, 0.3) is 0 Å². The molecule has 0 bridgehead atoms. The molecular formula is C13H14N2S. The molecule has 2 aromatic rings. The van der Waals surface area contributed by atoms with Crippen LogP contribution in [0, 0.1) is 6.92 Å². The lowest BCUT2D eigenvalue weighted by molar-refractivity contribution is 1.15. The van der Waals surface area contributed by atoms with E-state index >= 15 is 0 Å². The minimum absolute atomic E-state index is 0.923. The molecule has 0 saturated heterocycles. The van der Waals surface area contributed by atoms with Crippen molar-refractivity contribution in [3.63, 3.8) is 0 Å². The fraction of sp³-hybridized carbons (Fsp3) is 0.231. The summed E-state index contributed by atoms with van der Waals surface area (Å²) in [7, 11) is 2.14. The fourth-order valence-electron chi connectivity index (χ4n) is 2.19. The maximum absolute atomic E-state index is 3.50. The lowest BCUT2D eigenvalue weighted by atomic mass is 10.2. The standard InChI is InChI=1S/C13H14N2S/c1-9-10-7-14-11-5-3-4-6-12(11)15(2)13(10)8-16-9/h3-6,8,14H,7H2,1-2H3. The van der Waals surface area contributed by atoms with E-state index in [9.17, 15) is 0 Å². The average molecular weight is 230 g/mol. The third-order valence-corrected chi connectivity index (χ3v) is 4.10. The lowest BCUT2D eigenvalue weighted by Crippen LogP contribution is -2.08. The minimum atomic E-state index is 0.923. The summed E-state index contributed by atoms with van der Waals surface area (Å²) >= 11 is 1.83. The maximum atomic E-state index is 3.50. The van der Waals surface area contributed by atoms with Gasteiger partial charge in [0.25, 0.3) is 0 Å². The third kappa shape index (κ3) is 1.32. The van der Waals surface area contributed by atoms with Gasteiger partial charge in [-0.1, -0.05) is 12.1 Å². The molecule has 0 unspecified atom stereocenters. The Kier molecular flexibility index (Phi) is 2.14. The van der Waals surface area contributed by atoms with Gasteiger partial charge in [0.15, 0.2) is 0 Å². The maximum Gasteiger partial charge on any atom is 0.0644 e. The van der Waals surface area contributed by atoms with Gasteiger partial charge in [-0.15, -0.1) is 11.3 Å². The van der Waals surface area contributed by atoms with Crippen LogP contribution >= 0.6 is 11.3 Å². The zero-order chi connectivity index (χ0) is 11.1. The number of para-hydroxylation sites is 2. The number of benzene rings is 1. The minimum Gasteiger partial charge on any atom is -0.379 e. The highest BCUT2D eigenvalue weighted by Gasteiger charge is 2.19. The van der Waals surface area contributed by atoms with Crippen molar-refractivity contribution < 1.29 is 0 Å². The molecule has 1 aliphatic heterocycles. The number of hydrogen-bond acceptors (Lipinski definition) is 3. The zero-order valence-electron chi connectivity index (χ0n) is 9.45. The molecule has 1 N–H and O–H groups in total. The summed E-state index contributed by atoms with van der Waals surface area (Å²) in [5.74, 6) is 0. The molecule has 16 heavy (non-hydrogen) atoms. The van der Waals surface area contributed by atoms with Gasteiger partial charge in [-0.3, -0.25) is 0 Å². The first-order valence-corrected chi connectivity index (χ1v) is 6.29. The summed E-state index contributed by atoms with van der Waals surface area (Å²) in [6.07, 6.45) is 0. The number of anilines is 3. The predicted molar refractivity (Wildman–Crippen MR) is 70.9 cm³/mol. The van der Waals surface area contributed by atoms with Crippen molar-refractivity contribution in [3.8, 4) is 0 Å². The van der Waals surface area contributed by atoms with Crippen molar-refractivity contribution in [2.24, 2.45) is 0 Å². The number of nitrogens with zero attached hydrogens (tertiary/aromatic N) is 1. The molecule has 0 atom stereocenters. The summed E-state index contributed by atoms with van der Waals surface area (Å²) in [6, 6.07) is 8.45. The highest BCUT2D eigenvalue weighted by molar-refractivity contribution is 7.10. The number of fused-ring (bicyclic) bond motifs is 2. The van der Waals surface area contributed by atoms with Gasteiger partial charge in [-0.25, -0.2) is 0 Å². The quantitative estimate of drug-likeness (QED) is 0.741. The molecule has 0 amide bonds. The first-order valence-electron chi connectivity index (χ1n) is 5.41. The van der Waals surface area contributed by atoms with E-state index in [0.717, 1.165) is 6.54 Å². The van der Waals surface area contributed by atoms with E-state index in [1.165, 1.54) is 27.5 Å². The van der Waals surface area contributed by atoms with Crippen LogP contribution in [0.2, 0.25) is 0 Å². The summed E-state index contributed by atoms with van der Waals surface area (Å²) in [6.45, 7) is 3.11. The van der Waals surface area contributed by atoms with E-state index in [-0.39, 0.29) is 0 Å². The monoisotopic (exact) mass is 230 g/mol. The molecule has 0 spiro atoms. The zero-order valence-corrected chi connectivity index (χ0v) is 10.3. The van der Waals surface area contributed by atoms with Gasteiger partial charge in [0.1, 0.15) is 0 Å². The summed E-state index contributed by atoms with van der Waals surface area (Å²) in [4.78, 5) is 3.68. The topological polar surface area (TPSA) is 15.3 Å². The van der Waals surface area contributed by atoms with E-state index in [0.29, 0.717) is 0 Å². The molecule has 2 nitrogen and oxygen atoms in total. The van der Waals surface area contributed by atoms with Crippen LogP contribution in [0.1, 0.15) is 10.4 Å². The van der Waals surface area contributed by atoms with Gasteiger partial charge in [0.2, 0.25) is 0 Å². The Morgan fingerprint density at radius 2 is 2.06 bits per heavy atom. The molecule has 0 aliphatic carbocycles. The Morgan fingerprint density at radius 1 is 1.25 bits per heavy atom. The SMILES string of the molecule is Cc1scc2c1CNc1ccccc1N2C. The van der Waals surface area contributed by atoms with Crippen molar-refractivity contribution >= 4 is 28.4 Å². The van der Waals surface area contributed by atoms with Crippen molar-refractivity contribution in [1.29, 1.82) is 0 Å². The van der Waals surface area contributed by atoms with E-state index < -0.39 is 0 Å². The molecule has 1 aromatic carbocycles. The average Bonchev–Trinajstić information content (AvgIpc) is 2.60. The highest BCUT2D eigenvalue weighted by atomic mass is 32.1. The van der Waals surface area contributed by atoms with Gasteiger partial charge in [0, 0.05) is 29.4 Å². The molecule has 1 aliphatic rings. The smallest absolute Gasteiger partial charge is 0.0644 e. The van der Waals surface area contributed by atoms with Crippen LogP contribution < -0.4 is 10.2 Å². The number of rotatable bonds is 0. The van der Waals surface area contributed by atoms with Crippen molar-refractivity contribution in [3.05, 3.63) is 40.1 Å². The van der Waals surface area contributed by atoms with Gasteiger partial charge in [-0.2, -0.15) is 0 Å². The van der Waals surface area contributed by atoms with Crippen molar-refractivity contribution in [2.45, 2.75) is 13.5 Å². The molecule has 0 radical (unpaired) electrons. The second-order valence-electron chi connectivity index (χ2n) is 4.09. The van der Waals surface area contributed by atoms with Crippen LogP contribution in [0.5, 0.6) is 0 Å². The van der Waals surface area contributed by atoms with Crippen molar-refractivity contribution in [2.75, 3.05) is 17.3 Å². The molecule has 3 rings (SSSR count). The number of nitrogens with one attached hydrogen (secondary N) is 1. The summed E-state index contributed by atoms with van der Waals surface area (Å²) < 4.78 is 0. The first kappa shape index (κ1) is 9.73. The van der Waals surface area contributed by atoms with Crippen LogP contribution in [0.3, 0.4) is 0 Å². The summed E-state index contributed by atoms with van der Waals surface area (Å²) in [5, 5.41) is 5.75. The molecule has 1 aromatic heterocycles. The Bertz CT molecular complexity index is 530. The molecule has 82 valence electrons. The van der Waals surface area contributed by atoms with Gasteiger partial charge in [0.05, 0.1) is 17.1 Å². The van der Waals surface area contributed by atoms with Crippen LogP contribution in [0.15, 0.2) is 29.6 Å². The second-order valence-corrected chi connectivity index (χ2v) is 5.17. The van der Waals surface area contributed by atoms with Gasteiger partial charge in [-0.05, 0) is 19.1 Å². The summed E-state index contributed by atoms with van der Waals surface area (Å²) in [5.41, 5.74) is 5.22. The van der Waals surface area contributed by atoms with E-state index in [2.05, 4.69) is 53.8 Å². The normalized spacial score (nSPS) is 13.8. The largest absolute Gasteiger partial charge is 0.379 e. The second kappa shape index (κ2) is 3.52. The molecule has 2 heterocycles. The Balaban J connectivity index is 2.18. The number of thiophene rings is 1. The van der Waals surface area contributed by atoms with Crippen LogP contribution in [-0.4, -0.2) is 7.05 Å². The van der Waals surface area contributed by atoms with Crippen LogP contribution in [-0.2, 0) is 6.54 Å². The molecule has 0 saturated carbocycles. The Hall–Kier alpha value is -1.48. The Labute approximate surface area is 99.5 Å². The van der Waals surface area contributed by atoms with Crippen molar-refractivity contribution in [1.82, 2.24) is 0 Å². The van der Waals surface area contributed by atoms with Gasteiger partial charge >= 0.3 is 0 Å². The molecule has 0 fully saturated rings. The van der Waals surface area contributed by atoms with Crippen LogP contribution in [0.4, 0.5) is 17.1 Å². The number of aryl methyl sites for hydroxylation is 1. The third-order valence-electron chi connectivity index (χ3n) is 3.16. The van der Waals surface area contributed by atoms with Gasteiger partial charge < -0.3 is 10.2 Å². The predicted octanol–water partition coefficient (Wildman–Crippen LogP) is 3.75. The lowest BCUT2D eigenvalue weighted by Gasteiger charge is -2.19. The first-order chi connectivity index (χ1) is 7.77. The van der Waals surface area contributed by atoms with E-state index in [1.54, 1.807) is 0 Å².